The first-order chi connectivity index (χ1) is 10.9. The van der Waals surface area contributed by atoms with E-state index in [9.17, 15) is 18.0 Å². The molecule has 1 fully saturated rings. The van der Waals surface area contributed by atoms with Gasteiger partial charge in [-0.1, -0.05) is 0 Å². The number of likely N-dealkylation sites (N-methyl/N-ethyl adjacent to an activating group) is 1. The van der Waals surface area contributed by atoms with Crippen molar-refractivity contribution in [1.82, 2.24) is 14.5 Å². The molecule has 1 amide bonds. The summed E-state index contributed by atoms with van der Waals surface area (Å²) in [5, 5.41) is 2.28. The lowest BCUT2D eigenvalue weighted by Gasteiger charge is -2.27. The molecule has 0 radical (unpaired) electrons. The quantitative estimate of drug-likeness (QED) is 0.796. The summed E-state index contributed by atoms with van der Waals surface area (Å²) in [6.45, 7) is 2.11. The minimum atomic E-state index is -3.06. The van der Waals surface area contributed by atoms with Gasteiger partial charge in [0.15, 0.2) is 9.84 Å². The second kappa shape index (κ2) is 6.04. The van der Waals surface area contributed by atoms with Gasteiger partial charge in [-0.15, -0.1) is 11.3 Å². The van der Waals surface area contributed by atoms with Gasteiger partial charge in [0.05, 0.1) is 23.2 Å². The Bertz CT molecular complexity index is 900. The van der Waals surface area contributed by atoms with E-state index < -0.39 is 9.84 Å². The van der Waals surface area contributed by atoms with Crippen LogP contribution in [0, 0.1) is 0 Å². The summed E-state index contributed by atoms with van der Waals surface area (Å²) < 4.78 is 24.5. The molecule has 3 heterocycles. The Hall–Kier alpha value is -1.74. The number of thiophene rings is 1. The van der Waals surface area contributed by atoms with Crippen LogP contribution in [0.15, 0.2) is 22.6 Å². The zero-order valence-corrected chi connectivity index (χ0v) is 14.3. The number of carbonyl (C=O) groups excluding carboxylic acids is 1. The molecule has 0 bridgehead atoms. The van der Waals surface area contributed by atoms with Crippen LogP contribution in [0.3, 0.4) is 0 Å². The van der Waals surface area contributed by atoms with Crippen LogP contribution < -0.4 is 5.56 Å². The van der Waals surface area contributed by atoms with Crippen LogP contribution in [0.2, 0.25) is 0 Å². The molecule has 7 nitrogen and oxygen atoms in total. The van der Waals surface area contributed by atoms with E-state index >= 15 is 0 Å². The standard InChI is InChI=1S/C14H17N3O4S2/c1-2-17(10-4-6-23(20,21)8-10)12(18)7-16-9-15-13-11(14(16)19)3-5-22-13/h3,5,9-10H,2,4,6-8H2,1H3/t10-/m1/s1. The number of rotatable bonds is 4. The van der Waals surface area contributed by atoms with Gasteiger partial charge in [0.25, 0.3) is 5.56 Å². The highest BCUT2D eigenvalue weighted by Crippen LogP contribution is 2.18. The maximum Gasteiger partial charge on any atom is 0.262 e. The number of hydrogen-bond acceptors (Lipinski definition) is 6. The maximum atomic E-state index is 12.5. The first-order valence-corrected chi connectivity index (χ1v) is 10.0. The van der Waals surface area contributed by atoms with E-state index in [4.69, 9.17) is 0 Å². The minimum Gasteiger partial charge on any atom is -0.337 e. The fraction of sp³-hybridized carbons (Fsp3) is 0.500. The second-order valence-electron chi connectivity index (χ2n) is 5.55. The molecule has 2 aromatic rings. The van der Waals surface area contributed by atoms with Gasteiger partial charge in [-0.25, -0.2) is 13.4 Å². The molecule has 1 atom stereocenters. The van der Waals surface area contributed by atoms with Gasteiger partial charge in [0, 0.05) is 12.6 Å². The van der Waals surface area contributed by atoms with E-state index in [1.165, 1.54) is 22.2 Å². The number of carbonyl (C=O) groups is 1. The van der Waals surface area contributed by atoms with Gasteiger partial charge in [-0.05, 0) is 24.8 Å². The number of hydrogen-bond donors (Lipinski definition) is 0. The van der Waals surface area contributed by atoms with E-state index in [2.05, 4.69) is 4.98 Å². The molecule has 0 N–H and O–H groups in total. The maximum absolute atomic E-state index is 12.5. The second-order valence-corrected chi connectivity index (χ2v) is 8.68. The Morgan fingerprint density at radius 3 is 2.96 bits per heavy atom. The molecule has 124 valence electrons. The molecule has 0 saturated carbocycles. The Balaban J connectivity index is 1.81. The molecule has 1 aliphatic heterocycles. The molecule has 9 heteroatoms. The van der Waals surface area contributed by atoms with Crippen molar-refractivity contribution in [3.05, 3.63) is 28.1 Å². The van der Waals surface area contributed by atoms with Gasteiger partial charge >= 0.3 is 0 Å². The lowest BCUT2D eigenvalue weighted by atomic mass is 10.2. The molecule has 0 aliphatic carbocycles. The van der Waals surface area contributed by atoms with Crippen molar-refractivity contribution in [2.75, 3.05) is 18.1 Å². The molecule has 23 heavy (non-hydrogen) atoms. The molecular formula is C14H17N3O4S2. The monoisotopic (exact) mass is 355 g/mol. The summed E-state index contributed by atoms with van der Waals surface area (Å²) in [6.07, 6.45) is 1.83. The van der Waals surface area contributed by atoms with Gasteiger partial charge in [-0.3, -0.25) is 14.2 Å². The van der Waals surface area contributed by atoms with E-state index in [0.717, 1.165) is 0 Å². The van der Waals surface area contributed by atoms with E-state index in [1.807, 2.05) is 6.92 Å². The van der Waals surface area contributed by atoms with E-state index in [-0.39, 0.29) is 35.6 Å². The normalized spacial score (nSPS) is 20.0. The third-order valence-corrected chi connectivity index (χ3v) is 6.64. The lowest BCUT2D eigenvalue weighted by molar-refractivity contribution is -0.133. The van der Waals surface area contributed by atoms with Gasteiger partial charge in [0.2, 0.25) is 5.91 Å². The summed E-state index contributed by atoms with van der Waals surface area (Å²) in [7, 11) is -3.06. The Morgan fingerprint density at radius 2 is 2.30 bits per heavy atom. The first-order valence-electron chi connectivity index (χ1n) is 7.34. The van der Waals surface area contributed by atoms with Crippen LogP contribution in [0.25, 0.3) is 10.2 Å². The summed E-state index contributed by atoms with van der Waals surface area (Å²) in [5.74, 6) is -0.138. The van der Waals surface area contributed by atoms with Crippen LogP contribution in [0.1, 0.15) is 13.3 Å². The van der Waals surface area contributed by atoms with Crippen molar-refractivity contribution in [2.45, 2.75) is 25.9 Å². The first kappa shape index (κ1) is 16.1. The van der Waals surface area contributed by atoms with Crippen LogP contribution in [-0.2, 0) is 21.2 Å². The number of aromatic nitrogens is 2. The highest BCUT2D eigenvalue weighted by molar-refractivity contribution is 7.91. The summed E-state index contributed by atoms with van der Waals surface area (Å²) >= 11 is 1.37. The summed E-state index contributed by atoms with van der Waals surface area (Å²) in [5.41, 5.74) is -0.250. The predicted molar refractivity (Wildman–Crippen MR) is 88.3 cm³/mol. The van der Waals surface area contributed by atoms with E-state index in [0.29, 0.717) is 23.2 Å². The number of fused-ring (bicyclic) bond motifs is 1. The van der Waals surface area contributed by atoms with Crippen LogP contribution >= 0.6 is 11.3 Å². The number of sulfone groups is 1. The molecule has 0 unspecified atom stereocenters. The summed E-state index contributed by atoms with van der Waals surface area (Å²) in [6, 6.07) is 1.39. The zero-order valence-electron chi connectivity index (χ0n) is 12.6. The fourth-order valence-electron chi connectivity index (χ4n) is 2.90. The topological polar surface area (TPSA) is 89.3 Å². The molecule has 2 aromatic heterocycles. The zero-order chi connectivity index (χ0) is 16.6. The lowest BCUT2D eigenvalue weighted by Crippen LogP contribution is -2.43. The fourth-order valence-corrected chi connectivity index (χ4v) is 5.36. The highest BCUT2D eigenvalue weighted by atomic mass is 32.2. The molecule has 0 spiro atoms. The van der Waals surface area contributed by atoms with Crippen LogP contribution in [0.5, 0.6) is 0 Å². The molecule has 0 aromatic carbocycles. The Kier molecular flexibility index (Phi) is 4.24. The third-order valence-electron chi connectivity index (χ3n) is 4.07. The molecule has 3 rings (SSSR count). The Labute approximate surface area is 137 Å². The molecular weight excluding hydrogens is 338 g/mol. The molecule has 1 aliphatic rings. The van der Waals surface area contributed by atoms with Gasteiger partial charge < -0.3 is 4.90 Å². The van der Waals surface area contributed by atoms with Crippen molar-refractivity contribution in [3.63, 3.8) is 0 Å². The molecule has 1 saturated heterocycles. The van der Waals surface area contributed by atoms with Crippen molar-refractivity contribution >= 4 is 37.3 Å². The van der Waals surface area contributed by atoms with Crippen molar-refractivity contribution in [2.24, 2.45) is 0 Å². The summed E-state index contributed by atoms with van der Waals surface area (Å²) in [4.78, 5) is 31.2. The smallest absolute Gasteiger partial charge is 0.262 e. The van der Waals surface area contributed by atoms with Crippen LogP contribution in [-0.4, -0.2) is 52.9 Å². The van der Waals surface area contributed by atoms with Crippen molar-refractivity contribution < 1.29 is 13.2 Å². The average Bonchev–Trinajstić information content (AvgIpc) is 3.10. The minimum absolute atomic E-state index is 0.00327. The van der Waals surface area contributed by atoms with Crippen LogP contribution in [0.4, 0.5) is 0 Å². The van der Waals surface area contributed by atoms with Gasteiger partial charge in [0.1, 0.15) is 11.4 Å². The predicted octanol–water partition coefficient (Wildman–Crippen LogP) is 0.494. The highest BCUT2D eigenvalue weighted by Gasteiger charge is 2.33. The SMILES string of the molecule is CCN(C(=O)Cn1cnc2sccc2c1=O)[C@@H]1CCS(=O)(=O)C1. The van der Waals surface area contributed by atoms with Crippen molar-refractivity contribution in [3.8, 4) is 0 Å². The van der Waals surface area contributed by atoms with Crippen molar-refractivity contribution in [1.29, 1.82) is 0 Å². The van der Waals surface area contributed by atoms with Gasteiger partial charge in [-0.2, -0.15) is 0 Å². The number of amides is 1. The Morgan fingerprint density at radius 1 is 1.52 bits per heavy atom. The van der Waals surface area contributed by atoms with E-state index in [1.54, 1.807) is 16.3 Å². The number of nitrogens with zero attached hydrogens (tertiary/aromatic N) is 3. The third kappa shape index (κ3) is 3.16. The average molecular weight is 355 g/mol. The largest absolute Gasteiger partial charge is 0.337 e.